The number of carbonyl (C=O) groups is 1. The minimum Gasteiger partial charge on any atom is -0.329 e. The van der Waals surface area contributed by atoms with Gasteiger partial charge in [-0.15, -0.1) is 0 Å². The zero-order chi connectivity index (χ0) is 15.4. The van der Waals surface area contributed by atoms with Crippen molar-refractivity contribution < 1.29 is 13.2 Å². The number of anilines is 1. The first kappa shape index (κ1) is 16.6. The smallest absolute Gasteiger partial charge is 0.242 e. The molecule has 0 aliphatic carbocycles. The number of amides is 1. The summed E-state index contributed by atoms with van der Waals surface area (Å²) in [6.45, 7) is 5.53. The van der Waals surface area contributed by atoms with Gasteiger partial charge in [0.25, 0.3) is 0 Å². The van der Waals surface area contributed by atoms with E-state index in [1.807, 2.05) is 0 Å². The number of hydrogen-bond acceptors (Lipinski definition) is 4. The first-order valence-corrected chi connectivity index (χ1v) is 7.83. The van der Waals surface area contributed by atoms with Gasteiger partial charge >= 0.3 is 0 Å². The SMILES string of the molecule is CCNS(=O)(=O)c1ccccc1NC(=O)C(C)(C)CN. The maximum Gasteiger partial charge on any atom is 0.242 e. The lowest BCUT2D eigenvalue weighted by molar-refractivity contribution is -0.123. The first-order valence-electron chi connectivity index (χ1n) is 6.35. The van der Waals surface area contributed by atoms with Gasteiger partial charge in [0, 0.05) is 13.1 Å². The van der Waals surface area contributed by atoms with Crippen molar-refractivity contribution >= 4 is 21.6 Å². The molecule has 0 aliphatic heterocycles. The van der Waals surface area contributed by atoms with Crippen LogP contribution in [-0.4, -0.2) is 27.4 Å². The summed E-state index contributed by atoms with van der Waals surface area (Å²) in [5.41, 5.74) is 5.02. The summed E-state index contributed by atoms with van der Waals surface area (Å²) in [5, 5.41) is 2.63. The van der Waals surface area contributed by atoms with E-state index in [9.17, 15) is 13.2 Å². The van der Waals surface area contributed by atoms with E-state index < -0.39 is 15.4 Å². The number of nitrogens with two attached hydrogens (primary N) is 1. The molecule has 112 valence electrons. The molecule has 0 fully saturated rings. The average Bonchev–Trinajstić information content (AvgIpc) is 2.39. The lowest BCUT2D eigenvalue weighted by Gasteiger charge is -2.22. The van der Waals surface area contributed by atoms with Gasteiger partial charge in [-0.05, 0) is 26.0 Å². The minimum absolute atomic E-state index is 0.0445. The number of benzene rings is 1. The highest BCUT2D eigenvalue weighted by Gasteiger charge is 2.27. The molecule has 20 heavy (non-hydrogen) atoms. The molecule has 1 aromatic rings. The van der Waals surface area contributed by atoms with Crippen molar-refractivity contribution in [3.8, 4) is 0 Å². The van der Waals surface area contributed by atoms with Crippen LogP contribution < -0.4 is 15.8 Å². The van der Waals surface area contributed by atoms with E-state index in [4.69, 9.17) is 5.73 Å². The zero-order valence-corrected chi connectivity index (χ0v) is 12.8. The second kappa shape index (κ2) is 6.34. The molecular weight excluding hydrogens is 278 g/mol. The van der Waals surface area contributed by atoms with Crippen LogP contribution in [0.3, 0.4) is 0 Å². The quantitative estimate of drug-likeness (QED) is 0.726. The Morgan fingerprint density at radius 1 is 1.30 bits per heavy atom. The summed E-state index contributed by atoms with van der Waals surface area (Å²) in [6, 6.07) is 6.27. The molecule has 0 saturated carbocycles. The second-order valence-electron chi connectivity index (χ2n) is 5.04. The lowest BCUT2D eigenvalue weighted by atomic mass is 9.92. The van der Waals surface area contributed by atoms with Crippen LogP contribution in [-0.2, 0) is 14.8 Å². The Bertz CT molecular complexity index is 582. The van der Waals surface area contributed by atoms with Crippen molar-refractivity contribution in [2.75, 3.05) is 18.4 Å². The summed E-state index contributed by atoms with van der Waals surface area (Å²) < 4.78 is 26.5. The van der Waals surface area contributed by atoms with Gasteiger partial charge in [-0.25, -0.2) is 13.1 Å². The monoisotopic (exact) mass is 299 g/mol. The van der Waals surface area contributed by atoms with E-state index >= 15 is 0 Å². The Balaban J connectivity index is 3.13. The van der Waals surface area contributed by atoms with Gasteiger partial charge in [0.15, 0.2) is 0 Å². The molecule has 0 aromatic heterocycles. The fraction of sp³-hybridized carbons (Fsp3) is 0.462. The number of para-hydroxylation sites is 1. The summed E-state index contributed by atoms with van der Waals surface area (Å²) >= 11 is 0. The molecule has 0 saturated heterocycles. The molecule has 1 aromatic carbocycles. The molecule has 0 spiro atoms. The summed E-state index contributed by atoms with van der Waals surface area (Å²) in [5.74, 6) is -0.320. The Morgan fingerprint density at radius 3 is 2.45 bits per heavy atom. The largest absolute Gasteiger partial charge is 0.329 e. The van der Waals surface area contributed by atoms with Crippen LogP contribution in [0.15, 0.2) is 29.2 Å². The maximum atomic E-state index is 12.1. The third-order valence-electron chi connectivity index (χ3n) is 2.88. The predicted octanol–water partition coefficient (Wildman–Crippen LogP) is 0.908. The standard InChI is InChI=1S/C13H21N3O3S/c1-4-15-20(18,19)11-8-6-5-7-10(11)16-12(17)13(2,3)9-14/h5-8,15H,4,9,14H2,1-3H3,(H,16,17). The third kappa shape index (κ3) is 3.78. The second-order valence-corrected chi connectivity index (χ2v) is 6.77. The predicted molar refractivity (Wildman–Crippen MR) is 78.8 cm³/mol. The molecular formula is C13H21N3O3S. The molecule has 1 rings (SSSR count). The van der Waals surface area contributed by atoms with Crippen LogP contribution in [0.2, 0.25) is 0 Å². The molecule has 0 bridgehead atoms. The molecule has 0 unspecified atom stereocenters. The van der Waals surface area contributed by atoms with Crippen LogP contribution in [0.4, 0.5) is 5.69 Å². The van der Waals surface area contributed by atoms with Gasteiger partial charge in [0.1, 0.15) is 4.90 Å². The van der Waals surface area contributed by atoms with E-state index in [1.54, 1.807) is 39.0 Å². The molecule has 6 nitrogen and oxygen atoms in total. The van der Waals surface area contributed by atoms with Gasteiger partial charge in [0.2, 0.25) is 15.9 Å². The van der Waals surface area contributed by atoms with E-state index in [2.05, 4.69) is 10.0 Å². The van der Waals surface area contributed by atoms with Crippen LogP contribution in [0, 0.1) is 5.41 Å². The van der Waals surface area contributed by atoms with Gasteiger partial charge in [-0.1, -0.05) is 19.1 Å². The van der Waals surface area contributed by atoms with E-state index in [-0.39, 0.29) is 29.6 Å². The van der Waals surface area contributed by atoms with Gasteiger partial charge in [-0.3, -0.25) is 4.79 Å². The molecule has 7 heteroatoms. The van der Waals surface area contributed by atoms with Crippen LogP contribution in [0.1, 0.15) is 20.8 Å². The fourth-order valence-corrected chi connectivity index (χ4v) is 2.66. The highest BCUT2D eigenvalue weighted by atomic mass is 32.2. The maximum absolute atomic E-state index is 12.1. The van der Waals surface area contributed by atoms with E-state index in [1.165, 1.54) is 6.07 Å². The molecule has 0 heterocycles. The summed E-state index contributed by atoms with van der Waals surface area (Å²) in [7, 11) is -3.63. The number of nitrogens with one attached hydrogen (secondary N) is 2. The van der Waals surface area contributed by atoms with Crippen molar-refractivity contribution in [1.82, 2.24) is 4.72 Å². The normalized spacial score (nSPS) is 12.2. The van der Waals surface area contributed by atoms with Crippen LogP contribution >= 0.6 is 0 Å². The first-order chi connectivity index (χ1) is 9.24. The fourth-order valence-electron chi connectivity index (χ4n) is 1.46. The third-order valence-corrected chi connectivity index (χ3v) is 4.49. The van der Waals surface area contributed by atoms with Crippen LogP contribution in [0.25, 0.3) is 0 Å². The molecule has 0 atom stereocenters. The van der Waals surface area contributed by atoms with Crippen molar-refractivity contribution in [1.29, 1.82) is 0 Å². The lowest BCUT2D eigenvalue weighted by Crippen LogP contribution is -2.37. The molecule has 0 radical (unpaired) electrons. The van der Waals surface area contributed by atoms with Gasteiger partial charge < -0.3 is 11.1 Å². The van der Waals surface area contributed by atoms with E-state index in [0.717, 1.165) is 0 Å². The summed E-state index contributed by atoms with van der Waals surface area (Å²) in [6.07, 6.45) is 0. The molecule has 0 aliphatic rings. The van der Waals surface area contributed by atoms with E-state index in [0.29, 0.717) is 0 Å². The molecule has 1 amide bonds. The highest BCUT2D eigenvalue weighted by molar-refractivity contribution is 7.89. The average molecular weight is 299 g/mol. The number of sulfonamides is 1. The molecule has 4 N–H and O–H groups in total. The Labute approximate surface area is 119 Å². The Kier molecular flexibility index (Phi) is 5.27. The van der Waals surface area contributed by atoms with Crippen molar-refractivity contribution in [2.45, 2.75) is 25.7 Å². The minimum atomic E-state index is -3.63. The topological polar surface area (TPSA) is 101 Å². The Morgan fingerprint density at radius 2 is 1.90 bits per heavy atom. The number of hydrogen-bond donors (Lipinski definition) is 3. The highest BCUT2D eigenvalue weighted by Crippen LogP contribution is 2.23. The number of carbonyl (C=O) groups excluding carboxylic acids is 1. The van der Waals surface area contributed by atoms with Crippen molar-refractivity contribution in [2.24, 2.45) is 11.1 Å². The zero-order valence-electron chi connectivity index (χ0n) is 11.9. The van der Waals surface area contributed by atoms with Gasteiger partial charge in [-0.2, -0.15) is 0 Å². The number of rotatable bonds is 6. The van der Waals surface area contributed by atoms with Crippen LogP contribution in [0.5, 0.6) is 0 Å². The Hall–Kier alpha value is -1.44. The van der Waals surface area contributed by atoms with Gasteiger partial charge in [0.05, 0.1) is 11.1 Å². The van der Waals surface area contributed by atoms with Crippen molar-refractivity contribution in [3.63, 3.8) is 0 Å². The van der Waals surface area contributed by atoms with Crippen molar-refractivity contribution in [3.05, 3.63) is 24.3 Å². The summed E-state index contributed by atoms with van der Waals surface area (Å²) in [4.78, 5) is 12.1.